The van der Waals surface area contributed by atoms with Crippen LogP contribution in [0, 0.1) is 0 Å². The van der Waals surface area contributed by atoms with E-state index in [0.29, 0.717) is 24.1 Å². The van der Waals surface area contributed by atoms with Crippen LogP contribution in [0.4, 0.5) is 5.69 Å². The lowest BCUT2D eigenvalue weighted by Crippen LogP contribution is -2.64. The van der Waals surface area contributed by atoms with Crippen LogP contribution >= 0.6 is 0 Å². The van der Waals surface area contributed by atoms with Gasteiger partial charge in [0.2, 0.25) is 11.8 Å². The summed E-state index contributed by atoms with van der Waals surface area (Å²) in [7, 11) is 0. The Morgan fingerprint density at radius 3 is 2.79 bits per heavy atom. The highest BCUT2D eigenvalue weighted by atomic mass is 16.3. The number of nitrogens with one attached hydrogen (secondary N) is 1. The van der Waals surface area contributed by atoms with Crippen LogP contribution in [0.15, 0.2) is 47.1 Å². The van der Waals surface area contributed by atoms with E-state index in [4.69, 9.17) is 4.42 Å². The lowest BCUT2D eigenvalue weighted by Gasteiger charge is -2.48. The molecular weight excluding hydrogens is 370 g/mol. The second kappa shape index (κ2) is 7.39. The Bertz CT molecular complexity index is 939. The van der Waals surface area contributed by atoms with Crippen LogP contribution in [0.2, 0.25) is 0 Å². The number of carbonyl (C=O) groups excluding carboxylic acids is 3. The molecule has 1 aromatic carbocycles. The van der Waals surface area contributed by atoms with Crippen molar-refractivity contribution in [3.05, 3.63) is 54.0 Å². The summed E-state index contributed by atoms with van der Waals surface area (Å²) < 4.78 is 5.33. The number of amides is 3. The zero-order valence-corrected chi connectivity index (χ0v) is 16.7. The van der Waals surface area contributed by atoms with E-state index in [0.717, 1.165) is 18.6 Å². The summed E-state index contributed by atoms with van der Waals surface area (Å²) >= 11 is 0. The Labute approximate surface area is 169 Å². The third-order valence-electron chi connectivity index (χ3n) is 5.86. The lowest BCUT2D eigenvalue weighted by molar-refractivity contribution is -0.124. The molecule has 1 saturated heterocycles. The maximum atomic E-state index is 13.2. The number of rotatable bonds is 6. The van der Waals surface area contributed by atoms with Gasteiger partial charge >= 0.3 is 0 Å². The van der Waals surface area contributed by atoms with Gasteiger partial charge in [-0.25, -0.2) is 0 Å². The SMILES string of the molecule is CC(CCc1ccco1)NC(=O)CN1C(=O)c2ccccc2N2C(=O)CCC12C. The largest absolute Gasteiger partial charge is 0.469 e. The average molecular weight is 395 g/mol. The molecule has 7 heteroatoms. The quantitative estimate of drug-likeness (QED) is 0.815. The number of nitrogens with zero attached hydrogens (tertiary/aromatic N) is 2. The first kappa shape index (κ1) is 19.2. The molecule has 2 aromatic rings. The zero-order valence-electron chi connectivity index (χ0n) is 16.7. The van der Waals surface area contributed by atoms with Crippen molar-refractivity contribution in [2.45, 2.75) is 51.2 Å². The van der Waals surface area contributed by atoms with Crippen LogP contribution in [0.25, 0.3) is 0 Å². The molecule has 0 saturated carbocycles. The van der Waals surface area contributed by atoms with E-state index in [1.165, 1.54) is 4.90 Å². The number of benzene rings is 1. The van der Waals surface area contributed by atoms with Crippen molar-refractivity contribution in [3.8, 4) is 0 Å². The monoisotopic (exact) mass is 395 g/mol. The van der Waals surface area contributed by atoms with Gasteiger partial charge in [-0.3, -0.25) is 19.3 Å². The van der Waals surface area contributed by atoms with Gasteiger partial charge in [0.15, 0.2) is 0 Å². The summed E-state index contributed by atoms with van der Waals surface area (Å²) in [6.45, 7) is 3.71. The number of fused-ring (bicyclic) bond motifs is 3. The van der Waals surface area contributed by atoms with Gasteiger partial charge in [0.1, 0.15) is 18.0 Å². The first-order valence-corrected chi connectivity index (χ1v) is 9.96. The maximum Gasteiger partial charge on any atom is 0.258 e. The summed E-state index contributed by atoms with van der Waals surface area (Å²) in [4.78, 5) is 41.7. The topological polar surface area (TPSA) is 82.9 Å². The Morgan fingerprint density at radius 1 is 1.24 bits per heavy atom. The first-order valence-electron chi connectivity index (χ1n) is 9.96. The van der Waals surface area contributed by atoms with Crippen LogP contribution in [0.3, 0.4) is 0 Å². The first-order chi connectivity index (χ1) is 13.9. The highest BCUT2D eigenvalue weighted by molar-refractivity contribution is 6.11. The number of carbonyl (C=O) groups is 3. The number of aryl methyl sites for hydroxylation is 1. The molecule has 2 aliphatic rings. The van der Waals surface area contributed by atoms with E-state index in [-0.39, 0.29) is 30.3 Å². The second-order valence-corrected chi connectivity index (χ2v) is 7.94. The van der Waals surface area contributed by atoms with Crippen molar-refractivity contribution in [3.63, 3.8) is 0 Å². The van der Waals surface area contributed by atoms with E-state index >= 15 is 0 Å². The molecule has 0 radical (unpaired) electrons. The standard InChI is InChI=1S/C22H25N3O4/c1-15(9-10-16-6-5-13-29-16)23-19(26)14-24-21(28)17-7-3-4-8-18(17)25-20(27)11-12-22(24,25)2/h3-8,13,15H,9-12,14H2,1-2H3,(H,23,26). The van der Waals surface area contributed by atoms with Gasteiger partial charge in [-0.1, -0.05) is 12.1 Å². The summed E-state index contributed by atoms with van der Waals surface area (Å²) in [5.41, 5.74) is 0.266. The predicted molar refractivity (Wildman–Crippen MR) is 107 cm³/mol. The minimum atomic E-state index is -0.822. The van der Waals surface area contributed by atoms with Crippen molar-refractivity contribution in [2.75, 3.05) is 11.4 Å². The van der Waals surface area contributed by atoms with Gasteiger partial charge in [0, 0.05) is 18.9 Å². The number of hydrogen-bond acceptors (Lipinski definition) is 4. The highest BCUT2D eigenvalue weighted by Crippen LogP contribution is 2.43. The van der Waals surface area contributed by atoms with E-state index in [1.54, 1.807) is 29.4 Å². The number of anilines is 1. The number of furan rings is 1. The molecular formula is C22H25N3O4. The zero-order chi connectivity index (χ0) is 20.6. The van der Waals surface area contributed by atoms with Crippen LogP contribution in [0.5, 0.6) is 0 Å². The fraction of sp³-hybridized carbons (Fsp3) is 0.409. The van der Waals surface area contributed by atoms with Crippen molar-refractivity contribution >= 4 is 23.4 Å². The van der Waals surface area contributed by atoms with Crippen molar-refractivity contribution in [1.82, 2.24) is 10.2 Å². The molecule has 29 heavy (non-hydrogen) atoms. The minimum absolute atomic E-state index is 0.0234. The molecule has 3 amide bonds. The van der Waals surface area contributed by atoms with E-state index < -0.39 is 5.66 Å². The van der Waals surface area contributed by atoms with Crippen molar-refractivity contribution in [2.24, 2.45) is 0 Å². The molecule has 2 unspecified atom stereocenters. The van der Waals surface area contributed by atoms with Gasteiger partial charge < -0.3 is 14.6 Å². The molecule has 0 aliphatic carbocycles. The lowest BCUT2D eigenvalue weighted by atomic mass is 9.98. The predicted octanol–water partition coefficient (Wildman–Crippen LogP) is 2.72. The molecule has 1 aromatic heterocycles. The van der Waals surface area contributed by atoms with Crippen LogP contribution in [-0.4, -0.2) is 40.9 Å². The van der Waals surface area contributed by atoms with Gasteiger partial charge in [0.25, 0.3) is 5.91 Å². The van der Waals surface area contributed by atoms with Crippen molar-refractivity contribution in [1.29, 1.82) is 0 Å². The minimum Gasteiger partial charge on any atom is -0.469 e. The molecule has 0 spiro atoms. The Morgan fingerprint density at radius 2 is 2.03 bits per heavy atom. The summed E-state index contributed by atoms with van der Waals surface area (Å²) in [5, 5.41) is 2.96. The smallest absolute Gasteiger partial charge is 0.258 e. The van der Waals surface area contributed by atoms with E-state index in [2.05, 4.69) is 5.32 Å². The molecule has 4 rings (SSSR count). The van der Waals surface area contributed by atoms with E-state index in [1.807, 2.05) is 32.0 Å². The van der Waals surface area contributed by atoms with E-state index in [9.17, 15) is 14.4 Å². The van der Waals surface area contributed by atoms with Crippen LogP contribution < -0.4 is 10.2 Å². The van der Waals surface area contributed by atoms with Crippen LogP contribution in [-0.2, 0) is 16.0 Å². The molecule has 1 fully saturated rings. The molecule has 3 heterocycles. The van der Waals surface area contributed by atoms with Crippen LogP contribution in [0.1, 0.15) is 49.2 Å². The molecule has 2 aliphatic heterocycles. The molecule has 1 N–H and O–H groups in total. The average Bonchev–Trinajstić information content (AvgIpc) is 3.32. The molecule has 0 bridgehead atoms. The third kappa shape index (κ3) is 3.41. The molecule has 152 valence electrons. The van der Waals surface area contributed by atoms with Gasteiger partial charge in [-0.05, 0) is 51.0 Å². The fourth-order valence-corrected chi connectivity index (χ4v) is 4.29. The summed E-state index contributed by atoms with van der Waals surface area (Å²) in [6, 6.07) is 10.8. The Kier molecular flexibility index (Phi) is 4.90. The summed E-state index contributed by atoms with van der Waals surface area (Å²) in [5.74, 6) is 0.406. The maximum absolute atomic E-state index is 13.2. The van der Waals surface area contributed by atoms with Gasteiger partial charge in [0.05, 0.1) is 17.5 Å². The Balaban J connectivity index is 1.48. The normalized spacial score (nSPS) is 21.7. The molecule has 7 nitrogen and oxygen atoms in total. The third-order valence-corrected chi connectivity index (χ3v) is 5.86. The number of hydrogen-bond donors (Lipinski definition) is 1. The van der Waals surface area contributed by atoms with Gasteiger partial charge in [-0.2, -0.15) is 0 Å². The van der Waals surface area contributed by atoms with Gasteiger partial charge in [-0.15, -0.1) is 0 Å². The molecule has 2 atom stereocenters. The highest BCUT2D eigenvalue weighted by Gasteiger charge is 2.53. The summed E-state index contributed by atoms with van der Waals surface area (Å²) in [6.07, 6.45) is 3.96. The van der Waals surface area contributed by atoms with Crippen molar-refractivity contribution < 1.29 is 18.8 Å². The number of para-hydroxylation sites is 1. The Hall–Kier alpha value is -3.09. The fourth-order valence-electron chi connectivity index (χ4n) is 4.29. The second-order valence-electron chi connectivity index (χ2n) is 7.94.